The molecule has 1 saturated carbocycles. The normalized spacial score (nSPS) is 18.4. The highest BCUT2D eigenvalue weighted by molar-refractivity contribution is 5.99. The molecule has 0 radical (unpaired) electrons. The summed E-state index contributed by atoms with van der Waals surface area (Å²) in [4.78, 5) is 12.0. The van der Waals surface area contributed by atoms with Gasteiger partial charge in [0.05, 0.1) is 11.7 Å². The number of hydrogen-bond donors (Lipinski definition) is 3. The lowest BCUT2D eigenvalue weighted by Gasteiger charge is -2.28. The van der Waals surface area contributed by atoms with Crippen LogP contribution in [0, 0.1) is 5.82 Å². The zero-order valence-electron chi connectivity index (χ0n) is 17.1. The van der Waals surface area contributed by atoms with E-state index in [4.69, 9.17) is 10.5 Å². The number of aliphatic hydroxyl groups excluding tert-OH is 1. The molecule has 0 aliphatic heterocycles. The van der Waals surface area contributed by atoms with Crippen molar-refractivity contribution in [2.75, 3.05) is 5.32 Å². The first-order chi connectivity index (χ1) is 15.0. The lowest BCUT2D eigenvalue weighted by Crippen LogP contribution is -2.29. The first kappa shape index (κ1) is 20.9. The summed E-state index contributed by atoms with van der Waals surface area (Å²) in [6, 6.07) is 19.0. The Morgan fingerprint density at radius 3 is 2.52 bits per heavy atom. The molecular weight excluding hydrogens is 395 g/mol. The number of nitrogens with one attached hydrogen (secondary N) is 1. The Bertz CT molecular complexity index is 1080. The van der Waals surface area contributed by atoms with E-state index >= 15 is 0 Å². The quantitative estimate of drug-likeness (QED) is 0.518. The predicted molar refractivity (Wildman–Crippen MR) is 119 cm³/mol. The zero-order valence-corrected chi connectivity index (χ0v) is 17.1. The van der Waals surface area contributed by atoms with E-state index in [1.54, 1.807) is 18.2 Å². The molecule has 0 unspecified atom stereocenters. The van der Waals surface area contributed by atoms with Crippen LogP contribution >= 0.6 is 0 Å². The predicted octanol–water partition coefficient (Wildman–Crippen LogP) is 5.10. The molecule has 1 amide bonds. The van der Waals surface area contributed by atoms with Gasteiger partial charge in [0.1, 0.15) is 17.3 Å². The van der Waals surface area contributed by atoms with Gasteiger partial charge in [-0.3, -0.25) is 4.79 Å². The summed E-state index contributed by atoms with van der Waals surface area (Å²) in [7, 11) is 0. The third kappa shape index (κ3) is 5.03. The highest BCUT2D eigenvalue weighted by Gasteiger charge is 2.21. The van der Waals surface area contributed by atoms with E-state index in [0.717, 1.165) is 36.8 Å². The maximum Gasteiger partial charge on any atom is 0.250 e. The van der Waals surface area contributed by atoms with E-state index in [1.807, 2.05) is 36.4 Å². The van der Waals surface area contributed by atoms with Crippen molar-refractivity contribution in [1.82, 2.24) is 0 Å². The molecule has 1 fully saturated rings. The molecule has 0 atom stereocenters. The second-order valence-corrected chi connectivity index (χ2v) is 7.83. The molecule has 0 bridgehead atoms. The van der Waals surface area contributed by atoms with Crippen LogP contribution in [0.15, 0.2) is 66.7 Å². The number of primary amides is 1. The van der Waals surface area contributed by atoms with Gasteiger partial charge in [0.25, 0.3) is 5.91 Å². The van der Waals surface area contributed by atoms with Crippen LogP contribution in [-0.4, -0.2) is 23.2 Å². The van der Waals surface area contributed by atoms with Gasteiger partial charge in [-0.25, -0.2) is 4.39 Å². The fourth-order valence-electron chi connectivity index (χ4n) is 3.94. The lowest BCUT2D eigenvalue weighted by atomic mass is 9.92. The number of benzene rings is 3. The molecule has 4 N–H and O–H groups in total. The van der Waals surface area contributed by atoms with Crippen LogP contribution in [0.5, 0.6) is 11.5 Å². The minimum Gasteiger partial charge on any atom is -0.457 e. The summed E-state index contributed by atoms with van der Waals surface area (Å²) in [6.07, 6.45) is 2.85. The van der Waals surface area contributed by atoms with Crippen LogP contribution in [0.25, 0.3) is 11.1 Å². The molecule has 6 heteroatoms. The summed E-state index contributed by atoms with van der Waals surface area (Å²) in [5.74, 6) is 0.103. The van der Waals surface area contributed by atoms with E-state index in [0.29, 0.717) is 22.7 Å². The smallest absolute Gasteiger partial charge is 0.250 e. The van der Waals surface area contributed by atoms with Crippen molar-refractivity contribution in [3.05, 3.63) is 78.1 Å². The number of carbonyl (C=O) groups excluding carboxylic acids is 1. The second-order valence-electron chi connectivity index (χ2n) is 7.83. The Morgan fingerprint density at radius 1 is 1.00 bits per heavy atom. The Balaban J connectivity index is 1.66. The number of amides is 1. The Hall–Kier alpha value is -3.38. The van der Waals surface area contributed by atoms with Crippen molar-refractivity contribution in [3.63, 3.8) is 0 Å². The third-order valence-electron chi connectivity index (χ3n) is 5.56. The average molecular weight is 420 g/mol. The maximum atomic E-state index is 13.6. The van der Waals surface area contributed by atoms with Gasteiger partial charge in [0.2, 0.25) is 0 Å². The highest BCUT2D eigenvalue weighted by atomic mass is 19.1. The number of rotatable bonds is 6. The molecule has 31 heavy (non-hydrogen) atoms. The number of ether oxygens (including phenoxy) is 1. The first-order valence-electron chi connectivity index (χ1n) is 10.4. The Labute approximate surface area is 180 Å². The van der Waals surface area contributed by atoms with E-state index in [2.05, 4.69) is 5.32 Å². The monoisotopic (exact) mass is 420 g/mol. The van der Waals surface area contributed by atoms with Gasteiger partial charge < -0.3 is 20.9 Å². The van der Waals surface area contributed by atoms with Crippen molar-refractivity contribution in [3.8, 4) is 22.6 Å². The summed E-state index contributed by atoms with van der Waals surface area (Å²) in [5, 5.41) is 13.2. The molecule has 0 heterocycles. The number of halogens is 1. The average Bonchev–Trinajstić information content (AvgIpc) is 2.75. The van der Waals surface area contributed by atoms with Crippen molar-refractivity contribution < 1.29 is 19.0 Å². The zero-order chi connectivity index (χ0) is 21.8. The van der Waals surface area contributed by atoms with Crippen LogP contribution in [0.1, 0.15) is 36.0 Å². The minimum absolute atomic E-state index is 0.163. The van der Waals surface area contributed by atoms with Crippen molar-refractivity contribution in [2.45, 2.75) is 37.8 Å². The molecule has 0 spiro atoms. The van der Waals surface area contributed by atoms with E-state index in [-0.39, 0.29) is 18.0 Å². The minimum atomic E-state index is -0.505. The standard InChI is InChI=1S/C25H25FN2O3/c26-17-4-3-5-20(15-17)31-24-7-2-1-6-21(24)16-8-13-22(25(27)30)23(14-16)28-18-9-11-19(29)12-10-18/h1-8,13-15,18-19,28-29H,9-12H2,(H2,27,30)/t18-,19-. The number of aliphatic hydroxyl groups is 1. The van der Waals surface area contributed by atoms with Crippen molar-refractivity contribution in [2.24, 2.45) is 5.73 Å². The van der Waals surface area contributed by atoms with Crippen molar-refractivity contribution in [1.29, 1.82) is 0 Å². The fourth-order valence-corrected chi connectivity index (χ4v) is 3.94. The molecule has 5 nitrogen and oxygen atoms in total. The summed E-state index contributed by atoms with van der Waals surface area (Å²) in [6.45, 7) is 0. The number of anilines is 1. The largest absolute Gasteiger partial charge is 0.457 e. The van der Waals surface area contributed by atoms with E-state index in [1.165, 1.54) is 12.1 Å². The Morgan fingerprint density at radius 2 is 1.77 bits per heavy atom. The summed E-state index contributed by atoms with van der Waals surface area (Å²) >= 11 is 0. The van der Waals surface area contributed by atoms with Crippen LogP contribution in [0.2, 0.25) is 0 Å². The molecule has 0 aromatic heterocycles. The second kappa shape index (κ2) is 9.18. The van der Waals surface area contributed by atoms with Crippen LogP contribution in [0.3, 0.4) is 0 Å². The summed E-state index contributed by atoms with van der Waals surface area (Å²) in [5.41, 5.74) is 8.33. The van der Waals surface area contributed by atoms with Gasteiger partial charge in [-0.05, 0) is 61.6 Å². The van der Waals surface area contributed by atoms with Crippen molar-refractivity contribution >= 4 is 11.6 Å². The van der Waals surface area contributed by atoms with E-state index < -0.39 is 5.91 Å². The topological polar surface area (TPSA) is 84.6 Å². The summed E-state index contributed by atoms with van der Waals surface area (Å²) < 4.78 is 19.5. The van der Waals surface area contributed by atoms with Gasteiger partial charge in [0, 0.05) is 23.4 Å². The molecule has 0 saturated heterocycles. The first-order valence-corrected chi connectivity index (χ1v) is 10.4. The molecular formula is C25H25FN2O3. The molecule has 3 aromatic carbocycles. The maximum absolute atomic E-state index is 13.6. The number of para-hydroxylation sites is 1. The third-order valence-corrected chi connectivity index (χ3v) is 5.56. The number of carbonyl (C=O) groups is 1. The lowest BCUT2D eigenvalue weighted by molar-refractivity contribution is 0.100. The van der Waals surface area contributed by atoms with Gasteiger partial charge in [-0.15, -0.1) is 0 Å². The van der Waals surface area contributed by atoms with Gasteiger partial charge >= 0.3 is 0 Å². The van der Waals surface area contributed by atoms with Gasteiger partial charge in [-0.2, -0.15) is 0 Å². The molecule has 160 valence electrons. The molecule has 4 rings (SSSR count). The van der Waals surface area contributed by atoms with Gasteiger partial charge in [-0.1, -0.05) is 30.3 Å². The molecule has 1 aliphatic carbocycles. The van der Waals surface area contributed by atoms with Crippen LogP contribution in [-0.2, 0) is 0 Å². The molecule has 1 aliphatic rings. The number of nitrogens with two attached hydrogens (primary N) is 1. The number of hydrogen-bond acceptors (Lipinski definition) is 4. The van der Waals surface area contributed by atoms with Crippen LogP contribution in [0.4, 0.5) is 10.1 Å². The fraction of sp³-hybridized carbons (Fsp3) is 0.240. The Kier molecular flexibility index (Phi) is 6.18. The van der Waals surface area contributed by atoms with Crippen LogP contribution < -0.4 is 15.8 Å². The highest BCUT2D eigenvalue weighted by Crippen LogP contribution is 2.36. The van der Waals surface area contributed by atoms with E-state index in [9.17, 15) is 14.3 Å². The SMILES string of the molecule is NC(=O)c1ccc(-c2ccccc2Oc2cccc(F)c2)cc1N[C@H]1CC[C@H](O)CC1. The molecule has 3 aromatic rings. The van der Waals surface area contributed by atoms with Gasteiger partial charge in [0.15, 0.2) is 0 Å².